The van der Waals surface area contributed by atoms with Crippen LogP contribution in [0.1, 0.15) is 61.5 Å². The summed E-state index contributed by atoms with van der Waals surface area (Å²) in [7, 11) is 3.29. The number of nitrogens with zero attached hydrogens (tertiary/aromatic N) is 1. The smallest absolute Gasteiger partial charge is 0.407 e. The molecule has 5 nitrogen and oxygen atoms in total. The highest BCUT2D eigenvalue weighted by Crippen LogP contribution is 2.43. The molecule has 0 spiro atoms. The van der Waals surface area contributed by atoms with E-state index in [2.05, 4.69) is 34.3 Å². The minimum absolute atomic E-state index is 0.0408. The number of alkyl carbamates (subject to hydrolysis) is 1. The van der Waals surface area contributed by atoms with E-state index >= 15 is 0 Å². The van der Waals surface area contributed by atoms with Crippen LogP contribution in [0, 0.1) is 5.92 Å². The molecule has 1 N–H and O–H groups in total. The molecular formula is C21H28N2O3. The molecule has 3 aliphatic carbocycles. The highest BCUT2D eigenvalue weighted by molar-refractivity contribution is 5.80. The number of ether oxygens (including phenoxy) is 1. The average molecular weight is 356 g/mol. The minimum Gasteiger partial charge on any atom is -0.453 e. The number of nitrogens with one attached hydrogen (secondary N) is 1. The third-order valence-electron chi connectivity index (χ3n) is 6.46. The van der Waals surface area contributed by atoms with Crippen LogP contribution in [0.4, 0.5) is 4.79 Å². The molecule has 2 amide bonds. The topological polar surface area (TPSA) is 58.6 Å². The lowest BCUT2D eigenvalue weighted by atomic mass is 9.73. The summed E-state index contributed by atoms with van der Waals surface area (Å²) in [6, 6.07) is 9.57. The summed E-state index contributed by atoms with van der Waals surface area (Å²) in [6.45, 7) is 0. The summed E-state index contributed by atoms with van der Waals surface area (Å²) in [5.74, 6) is 1.65. The predicted octanol–water partition coefficient (Wildman–Crippen LogP) is 3.40. The Kier molecular flexibility index (Phi) is 4.63. The lowest BCUT2D eigenvalue weighted by molar-refractivity contribution is -0.141. The third-order valence-corrected chi connectivity index (χ3v) is 6.46. The highest BCUT2D eigenvalue weighted by Gasteiger charge is 2.41. The van der Waals surface area contributed by atoms with Gasteiger partial charge in [-0.2, -0.15) is 0 Å². The van der Waals surface area contributed by atoms with E-state index in [-0.39, 0.29) is 17.9 Å². The average Bonchev–Trinajstić information content (AvgIpc) is 3.41. The second-order valence-corrected chi connectivity index (χ2v) is 8.21. The van der Waals surface area contributed by atoms with E-state index in [0.717, 1.165) is 31.6 Å². The zero-order chi connectivity index (χ0) is 18.3. The number of amides is 2. The number of benzene rings is 1. The summed E-state index contributed by atoms with van der Waals surface area (Å²) in [5, 5.41) is 2.76. The van der Waals surface area contributed by atoms with Crippen molar-refractivity contribution in [3.63, 3.8) is 0 Å². The Morgan fingerprint density at radius 2 is 1.58 bits per heavy atom. The Bertz CT molecular complexity index is 671. The molecule has 3 saturated carbocycles. The van der Waals surface area contributed by atoms with Gasteiger partial charge in [0.15, 0.2) is 0 Å². The fraction of sp³-hybridized carbons (Fsp3) is 0.619. The van der Waals surface area contributed by atoms with Crippen molar-refractivity contribution in [2.24, 2.45) is 5.92 Å². The molecule has 0 unspecified atom stereocenters. The van der Waals surface area contributed by atoms with E-state index in [0.29, 0.717) is 12.0 Å². The molecule has 0 bridgehead atoms. The van der Waals surface area contributed by atoms with Crippen molar-refractivity contribution in [2.75, 3.05) is 14.2 Å². The summed E-state index contributed by atoms with van der Waals surface area (Å²) >= 11 is 0. The number of rotatable bonds is 5. The monoisotopic (exact) mass is 356 g/mol. The van der Waals surface area contributed by atoms with Crippen LogP contribution in [0.25, 0.3) is 0 Å². The van der Waals surface area contributed by atoms with Crippen LogP contribution in [-0.2, 0) is 9.53 Å². The van der Waals surface area contributed by atoms with Crippen molar-refractivity contribution in [1.82, 2.24) is 10.2 Å². The molecule has 5 heteroatoms. The van der Waals surface area contributed by atoms with Crippen LogP contribution in [0.5, 0.6) is 0 Å². The lowest BCUT2D eigenvalue weighted by Crippen LogP contribution is -2.53. The SMILES string of the molecule is COC(=O)NC1CC(C(=O)N(C)C2CC(c3ccc(C4CC4)cc3)C2)C1. The maximum Gasteiger partial charge on any atom is 0.407 e. The second-order valence-electron chi connectivity index (χ2n) is 8.21. The van der Waals surface area contributed by atoms with Gasteiger partial charge in [-0.15, -0.1) is 0 Å². The number of carbonyl (C=O) groups excluding carboxylic acids is 2. The van der Waals surface area contributed by atoms with Gasteiger partial charge in [-0.3, -0.25) is 4.79 Å². The summed E-state index contributed by atoms with van der Waals surface area (Å²) < 4.78 is 4.60. The van der Waals surface area contributed by atoms with Gasteiger partial charge < -0.3 is 15.0 Å². The van der Waals surface area contributed by atoms with Crippen molar-refractivity contribution >= 4 is 12.0 Å². The first-order valence-corrected chi connectivity index (χ1v) is 9.76. The van der Waals surface area contributed by atoms with E-state index < -0.39 is 6.09 Å². The first-order chi connectivity index (χ1) is 12.5. The van der Waals surface area contributed by atoms with E-state index in [4.69, 9.17) is 0 Å². The Labute approximate surface area is 155 Å². The van der Waals surface area contributed by atoms with Gasteiger partial charge in [0.2, 0.25) is 5.91 Å². The Balaban J connectivity index is 1.22. The first-order valence-electron chi connectivity index (χ1n) is 9.76. The molecule has 3 fully saturated rings. The van der Waals surface area contributed by atoms with Gasteiger partial charge in [0.1, 0.15) is 0 Å². The van der Waals surface area contributed by atoms with Crippen LogP contribution in [0.15, 0.2) is 24.3 Å². The van der Waals surface area contributed by atoms with Gasteiger partial charge >= 0.3 is 6.09 Å². The van der Waals surface area contributed by atoms with Gasteiger partial charge in [-0.05, 0) is 61.5 Å². The molecule has 0 aromatic heterocycles. The van der Waals surface area contributed by atoms with Crippen molar-refractivity contribution in [3.05, 3.63) is 35.4 Å². The van der Waals surface area contributed by atoms with Crippen molar-refractivity contribution in [2.45, 2.75) is 62.4 Å². The second kappa shape index (κ2) is 6.93. The highest BCUT2D eigenvalue weighted by atomic mass is 16.5. The van der Waals surface area contributed by atoms with Crippen molar-refractivity contribution in [1.29, 1.82) is 0 Å². The fourth-order valence-electron chi connectivity index (χ4n) is 4.26. The third kappa shape index (κ3) is 3.44. The largest absolute Gasteiger partial charge is 0.453 e. The van der Waals surface area contributed by atoms with E-state index in [1.165, 1.54) is 31.1 Å². The van der Waals surface area contributed by atoms with Crippen LogP contribution < -0.4 is 5.32 Å². The normalized spacial score (nSPS) is 29.9. The Morgan fingerprint density at radius 3 is 2.12 bits per heavy atom. The molecule has 1 aromatic carbocycles. The summed E-state index contributed by atoms with van der Waals surface area (Å²) in [6.07, 6.45) is 5.82. The molecular weight excluding hydrogens is 328 g/mol. The quantitative estimate of drug-likeness (QED) is 0.880. The van der Waals surface area contributed by atoms with Gasteiger partial charge in [0.25, 0.3) is 0 Å². The van der Waals surface area contributed by atoms with Crippen LogP contribution >= 0.6 is 0 Å². The minimum atomic E-state index is -0.413. The molecule has 1 aromatic rings. The molecule has 26 heavy (non-hydrogen) atoms. The number of carbonyl (C=O) groups is 2. The predicted molar refractivity (Wildman–Crippen MR) is 99.0 cm³/mol. The summed E-state index contributed by atoms with van der Waals surface area (Å²) in [4.78, 5) is 25.7. The molecule has 0 radical (unpaired) electrons. The standard InChI is InChI=1S/C21H28N2O3/c1-23(20(24)17-9-18(10-17)22-21(25)26-2)19-11-16(12-19)15-7-5-14(6-8-15)13-3-4-13/h5-8,13,16-19H,3-4,9-12H2,1-2H3,(H,22,25). The lowest BCUT2D eigenvalue weighted by Gasteiger charge is -2.45. The van der Waals surface area contributed by atoms with E-state index in [9.17, 15) is 9.59 Å². The number of hydrogen-bond donors (Lipinski definition) is 1. The maximum atomic E-state index is 12.6. The molecule has 0 saturated heterocycles. The Hall–Kier alpha value is -2.04. The maximum absolute atomic E-state index is 12.6. The molecule has 0 aliphatic heterocycles. The molecule has 3 aliphatic rings. The number of hydrogen-bond acceptors (Lipinski definition) is 3. The number of methoxy groups -OCH3 is 1. The van der Waals surface area contributed by atoms with Gasteiger partial charge in [0.05, 0.1) is 7.11 Å². The summed E-state index contributed by atoms with van der Waals surface area (Å²) in [5.41, 5.74) is 2.90. The van der Waals surface area contributed by atoms with Crippen LogP contribution in [0.3, 0.4) is 0 Å². The molecule has 0 heterocycles. The molecule has 0 atom stereocenters. The van der Waals surface area contributed by atoms with Crippen LogP contribution in [0.2, 0.25) is 0 Å². The zero-order valence-corrected chi connectivity index (χ0v) is 15.6. The Morgan fingerprint density at radius 1 is 1.00 bits per heavy atom. The van der Waals surface area contributed by atoms with Gasteiger partial charge in [-0.1, -0.05) is 24.3 Å². The molecule has 140 valence electrons. The zero-order valence-electron chi connectivity index (χ0n) is 15.6. The first kappa shape index (κ1) is 17.4. The van der Waals surface area contributed by atoms with Crippen molar-refractivity contribution in [3.8, 4) is 0 Å². The van der Waals surface area contributed by atoms with Crippen LogP contribution in [-0.4, -0.2) is 43.1 Å². The van der Waals surface area contributed by atoms with Gasteiger partial charge in [0, 0.05) is 25.0 Å². The molecule has 4 rings (SSSR count). The van der Waals surface area contributed by atoms with E-state index in [1.54, 1.807) is 0 Å². The fourth-order valence-corrected chi connectivity index (χ4v) is 4.26. The van der Waals surface area contributed by atoms with Gasteiger partial charge in [-0.25, -0.2) is 4.79 Å². The van der Waals surface area contributed by atoms with Crippen molar-refractivity contribution < 1.29 is 14.3 Å². The van der Waals surface area contributed by atoms with E-state index in [1.807, 2.05) is 11.9 Å².